The van der Waals surface area contributed by atoms with Crippen molar-refractivity contribution in [2.75, 3.05) is 0 Å². The summed E-state index contributed by atoms with van der Waals surface area (Å²) in [5.74, 6) is -0.929. The highest BCUT2D eigenvalue weighted by atomic mass is 35.5. The summed E-state index contributed by atoms with van der Waals surface area (Å²) >= 11 is 7.48. The van der Waals surface area contributed by atoms with Gasteiger partial charge in [-0.05, 0) is 42.8 Å². The molecular formula is C15H10ClNO2S. The van der Waals surface area contributed by atoms with Gasteiger partial charge in [0.15, 0.2) is 0 Å². The lowest BCUT2D eigenvalue weighted by atomic mass is 10.1. The maximum atomic E-state index is 10.8. The van der Waals surface area contributed by atoms with Crippen molar-refractivity contribution in [1.29, 1.82) is 5.26 Å². The molecule has 2 rings (SSSR count). The van der Waals surface area contributed by atoms with E-state index < -0.39 is 5.97 Å². The summed E-state index contributed by atoms with van der Waals surface area (Å²) in [6, 6.07) is 11.0. The summed E-state index contributed by atoms with van der Waals surface area (Å²) in [6.45, 7) is 1.56. The molecule has 0 saturated carbocycles. The highest BCUT2D eigenvalue weighted by Gasteiger charge is 2.07. The number of hydrogen-bond donors (Lipinski definition) is 1. The highest BCUT2D eigenvalue weighted by molar-refractivity contribution is 7.16. The summed E-state index contributed by atoms with van der Waals surface area (Å²) in [5, 5.41) is 18.1. The number of nitriles is 1. The molecule has 0 atom stereocenters. The monoisotopic (exact) mass is 303 g/mol. The summed E-state index contributed by atoms with van der Waals surface area (Å²) in [7, 11) is 0. The van der Waals surface area contributed by atoms with Gasteiger partial charge in [0.2, 0.25) is 0 Å². The molecule has 0 aliphatic rings. The van der Waals surface area contributed by atoms with Gasteiger partial charge in [-0.2, -0.15) is 5.26 Å². The number of carboxylic acid groups (broad SMARTS) is 1. The SMILES string of the molecule is C/C(=C\c1ccc(-c2ccc(C#N)c(Cl)c2)s1)C(=O)O. The van der Waals surface area contributed by atoms with Crippen molar-refractivity contribution >= 4 is 35.0 Å². The first-order valence-electron chi connectivity index (χ1n) is 5.72. The van der Waals surface area contributed by atoms with Crippen LogP contribution in [0.1, 0.15) is 17.4 Å². The molecular weight excluding hydrogens is 294 g/mol. The predicted molar refractivity (Wildman–Crippen MR) is 80.8 cm³/mol. The van der Waals surface area contributed by atoms with Crippen LogP contribution >= 0.6 is 22.9 Å². The molecule has 2 aromatic rings. The van der Waals surface area contributed by atoms with Crippen LogP contribution in [0.2, 0.25) is 5.02 Å². The standard InChI is InChI=1S/C15H10ClNO2S/c1-9(15(18)19)6-12-4-5-14(20-12)10-2-3-11(8-17)13(16)7-10/h2-7H,1H3,(H,18,19)/b9-6+. The summed E-state index contributed by atoms with van der Waals surface area (Å²) in [5.41, 5.74) is 1.64. The van der Waals surface area contributed by atoms with E-state index in [0.29, 0.717) is 10.6 Å². The number of carboxylic acids is 1. The first kappa shape index (κ1) is 14.3. The Bertz CT molecular complexity index is 741. The fraction of sp³-hybridized carbons (Fsp3) is 0.0667. The number of halogens is 1. The Balaban J connectivity index is 2.34. The molecule has 0 aliphatic carbocycles. The Morgan fingerprint density at radius 1 is 1.40 bits per heavy atom. The molecule has 0 fully saturated rings. The summed E-state index contributed by atoms with van der Waals surface area (Å²) < 4.78 is 0. The Kier molecular flexibility index (Phi) is 4.23. The van der Waals surface area contributed by atoms with Gasteiger partial charge in [-0.25, -0.2) is 4.79 Å². The molecule has 0 saturated heterocycles. The van der Waals surface area contributed by atoms with E-state index in [2.05, 4.69) is 0 Å². The van der Waals surface area contributed by atoms with Gasteiger partial charge in [-0.3, -0.25) is 0 Å². The highest BCUT2D eigenvalue weighted by Crippen LogP contribution is 2.31. The Hall–Kier alpha value is -2.09. The zero-order chi connectivity index (χ0) is 14.7. The fourth-order valence-electron chi connectivity index (χ4n) is 1.62. The van der Waals surface area contributed by atoms with Crippen LogP contribution < -0.4 is 0 Å². The van der Waals surface area contributed by atoms with E-state index in [9.17, 15) is 4.79 Å². The Morgan fingerprint density at radius 3 is 2.75 bits per heavy atom. The number of aliphatic carboxylic acids is 1. The number of hydrogen-bond acceptors (Lipinski definition) is 3. The first-order valence-corrected chi connectivity index (χ1v) is 6.92. The second kappa shape index (κ2) is 5.91. The molecule has 1 aromatic carbocycles. The van der Waals surface area contributed by atoms with Gasteiger partial charge in [0.25, 0.3) is 0 Å². The smallest absolute Gasteiger partial charge is 0.331 e. The van der Waals surface area contributed by atoms with Crippen molar-refractivity contribution in [3.05, 3.63) is 51.4 Å². The lowest BCUT2D eigenvalue weighted by Gasteiger charge is -1.99. The van der Waals surface area contributed by atoms with Crippen LogP contribution in [0.15, 0.2) is 35.9 Å². The van der Waals surface area contributed by atoms with E-state index in [1.54, 1.807) is 25.1 Å². The normalized spacial score (nSPS) is 11.2. The van der Waals surface area contributed by atoms with Crippen LogP contribution in [-0.2, 0) is 4.79 Å². The van der Waals surface area contributed by atoms with Gasteiger partial charge in [0.1, 0.15) is 6.07 Å². The molecule has 0 radical (unpaired) electrons. The minimum Gasteiger partial charge on any atom is -0.478 e. The van der Waals surface area contributed by atoms with E-state index >= 15 is 0 Å². The molecule has 3 nitrogen and oxygen atoms in total. The minimum atomic E-state index is -0.929. The largest absolute Gasteiger partial charge is 0.478 e. The van der Waals surface area contributed by atoms with E-state index in [4.69, 9.17) is 22.0 Å². The minimum absolute atomic E-state index is 0.288. The maximum Gasteiger partial charge on any atom is 0.331 e. The van der Waals surface area contributed by atoms with Crippen LogP contribution in [-0.4, -0.2) is 11.1 Å². The second-order valence-electron chi connectivity index (χ2n) is 4.14. The van der Waals surface area contributed by atoms with Gasteiger partial charge < -0.3 is 5.11 Å². The van der Waals surface area contributed by atoms with Crippen LogP contribution in [0, 0.1) is 11.3 Å². The van der Waals surface area contributed by atoms with E-state index in [0.717, 1.165) is 15.3 Å². The number of benzene rings is 1. The maximum absolute atomic E-state index is 10.8. The van der Waals surface area contributed by atoms with Gasteiger partial charge in [0.05, 0.1) is 10.6 Å². The third-order valence-electron chi connectivity index (χ3n) is 2.70. The quantitative estimate of drug-likeness (QED) is 0.853. The molecule has 1 aromatic heterocycles. The zero-order valence-corrected chi connectivity index (χ0v) is 12.1. The van der Waals surface area contributed by atoms with Crippen molar-refractivity contribution in [3.63, 3.8) is 0 Å². The summed E-state index contributed by atoms with van der Waals surface area (Å²) in [4.78, 5) is 12.6. The molecule has 20 heavy (non-hydrogen) atoms. The third kappa shape index (κ3) is 3.08. The van der Waals surface area contributed by atoms with Crippen LogP contribution in [0.25, 0.3) is 16.5 Å². The average molecular weight is 304 g/mol. The molecule has 0 aliphatic heterocycles. The van der Waals surface area contributed by atoms with E-state index in [1.807, 2.05) is 24.3 Å². The van der Waals surface area contributed by atoms with Crippen LogP contribution in [0.5, 0.6) is 0 Å². The van der Waals surface area contributed by atoms with Crippen LogP contribution in [0.4, 0.5) is 0 Å². The predicted octanol–water partition coefficient (Wildman–Crippen LogP) is 4.43. The lowest BCUT2D eigenvalue weighted by molar-refractivity contribution is -0.132. The molecule has 1 heterocycles. The van der Waals surface area contributed by atoms with E-state index in [-0.39, 0.29) is 5.57 Å². The van der Waals surface area contributed by atoms with Gasteiger partial charge in [-0.15, -0.1) is 11.3 Å². The molecule has 0 amide bonds. The Morgan fingerprint density at radius 2 is 2.15 bits per heavy atom. The first-order chi connectivity index (χ1) is 9.51. The zero-order valence-electron chi connectivity index (χ0n) is 10.6. The van der Waals surface area contributed by atoms with E-state index in [1.165, 1.54) is 11.3 Å². The fourth-order valence-corrected chi connectivity index (χ4v) is 2.85. The number of rotatable bonds is 3. The van der Waals surface area contributed by atoms with Gasteiger partial charge >= 0.3 is 5.97 Å². The molecule has 0 bridgehead atoms. The van der Waals surface area contributed by atoms with Crippen molar-refractivity contribution < 1.29 is 9.90 Å². The number of nitrogens with zero attached hydrogens (tertiary/aromatic N) is 1. The van der Waals surface area contributed by atoms with Crippen molar-refractivity contribution in [2.45, 2.75) is 6.92 Å². The van der Waals surface area contributed by atoms with Crippen molar-refractivity contribution in [2.24, 2.45) is 0 Å². The van der Waals surface area contributed by atoms with Gasteiger partial charge in [0, 0.05) is 15.3 Å². The summed E-state index contributed by atoms with van der Waals surface area (Å²) in [6.07, 6.45) is 1.63. The molecule has 1 N–H and O–H groups in total. The second-order valence-corrected chi connectivity index (χ2v) is 5.66. The topological polar surface area (TPSA) is 61.1 Å². The average Bonchev–Trinajstić information content (AvgIpc) is 2.87. The van der Waals surface area contributed by atoms with Gasteiger partial charge in [-0.1, -0.05) is 17.7 Å². The van der Waals surface area contributed by atoms with Crippen molar-refractivity contribution in [3.8, 4) is 16.5 Å². The molecule has 0 spiro atoms. The third-order valence-corrected chi connectivity index (χ3v) is 4.09. The molecule has 0 unspecified atom stereocenters. The lowest BCUT2D eigenvalue weighted by Crippen LogP contribution is -1.94. The number of thiophene rings is 1. The molecule has 100 valence electrons. The van der Waals surface area contributed by atoms with Crippen molar-refractivity contribution in [1.82, 2.24) is 0 Å². The number of carbonyl (C=O) groups is 1. The molecule has 5 heteroatoms. The van der Waals surface area contributed by atoms with Crippen LogP contribution in [0.3, 0.4) is 0 Å². The Labute approximate surface area is 125 Å².